The summed E-state index contributed by atoms with van der Waals surface area (Å²) in [6, 6.07) is 15.1. The second-order valence-electron chi connectivity index (χ2n) is 4.35. The molecule has 0 saturated carbocycles. The molecule has 0 aliphatic carbocycles. The number of hydrogen-bond donors (Lipinski definition) is 1. The molecule has 0 aliphatic heterocycles. The van der Waals surface area contributed by atoms with Gasteiger partial charge < -0.3 is 4.74 Å². The van der Waals surface area contributed by atoms with Gasteiger partial charge in [0.25, 0.3) is 0 Å². The Morgan fingerprint density at radius 3 is 2.71 bits per heavy atom. The smallest absolute Gasteiger partial charge is 0.244 e. The fraction of sp³-hybridized carbons (Fsp3) is 0.125. The van der Waals surface area contributed by atoms with E-state index in [0.29, 0.717) is 0 Å². The quantitative estimate of drug-likeness (QED) is 0.667. The van der Waals surface area contributed by atoms with Crippen LogP contribution >= 0.6 is 15.9 Å². The molecular formula is C16H15BrN2O2. The van der Waals surface area contributed by atoms with Crippen molar-refractivity contribution in [1.82, 2.24) is 5.43 Å². The monoisotopic (exact) mass is 346 g/mol. The van der Waals surface area contributed by atoms with Gasteiger partial charge in [-0.1, -0.05) is 36.4 Å². The van der Waals surface area contributed by atoms with E-state index in [1.165, 1.54) is 0 Å². The molecule has 0 heterocycles. The maximum Gasteiger partial charge on any atom is 0.244 e. The van der Waals surface area contributed by atoms with Crippen molar-refractivity contribution in [2.75, 3.05) is 7.11 Å². The normalized spacial score (nSPS) is 10.6. The molecule has 0 atom stereocenters. The number of nitrogens with one attached hydrogen (secondary N) is 1. The van der Waals surface area contributed by atoms with E-state index in [1.54, 1.807) is 13.3 Å². The minimum atomic E-state index is -0.167. The highest BCUT2D eigenvalue weighted by molar-refractivity contribution is 9.10. The molecule has 0 fully saturated rings. The van der Waals surface area contributed by atoms with Crippen molar-refractivity contribution in [1.29, 1.82) is 0 Å². The lowest BCUT2D eigenvalue weighted by Crippen LogP contribution is -2.19. The number of hydrogen-bond acceptors (Lipinski definition) is 3. The van der Waals surface area contributed by atoms with Crippen LogP contribution in [0.15, 0.2) is 58.1 Å². The largest absolute Gasteiger partial charge is 0.496 e. The molecule has 2 aromatic rings. The van der Waals surface area contributed by atoms with E-state index >= 15 is 0 Å². The maximum atomic E-state index is 11.8. The zero-order valence-corrected chi connectivity index (χ0v) is 13.1. The molecule has 2 rings (SSSR count). The molecule has 0 aliphatic rings. The Bertz CT molecular complexity index is 642. The molecule has 21 heavy (non-hydrogen) atoms. The molecule has 1 N–H and O–H groups in total. The number of nitrogens with zero attached hydrogens (tertiary/aromatic N) is 1. The van der Waals surface area contributed by atoms with Crippen molar-refractivity contribution in [3.63, 3.8) is 0 Å². The first-order chi connectivity index (χ1) is 10.2. The predicted octanol–water partition coefficient (Wildman–Crippen LogP) is 3.15. The van der Waals surface area contributed by atoms with Crippen LogP contribution in [0.4, 0.5) is 0 Å². The molecule has 2 aromatic carbocycles. The Balaban J connectivity index is 1.90. The van der Waals surface area contributed by atoms with Crippen LogP contribution in [0.3, 0.4) is 0 Å². The molecular weight excluding hydrogens is 332 g/mol. The number of amides is 1. The van der Waals surface area contributed by atoms with Crippen molar-refractivity contribution in [3.8, 4) is 5.75 Å². The van der Waals surface area contributed by atoms with Crippen LogP contribution in [0.1, 0.15) is 11.1 Å². The van der Waals surface area contributed by atoms with Gasteiger partial charge >= 0.3 is 0 Å². The van der Waals surface area contributed by atoms with E-state index in [2.05, 4.69) is 26.5 Å². The van der Waals surface area contributed by atoms with Crippen LogP contribution < -0.4 is 10.2 Å². The van der Waals surface area contributed by atoms with Crippen LogP contribution in [0.2, 0.25) is 0 Å². The summed E-state index contributed by atoms with van der Waals surface area (Å²) < 4.78 is 5.97. The van der Waals surface area contributed by atoms with Crippen LogP contribution in [0, 0.1) is 0 Å². The van der Waals surface area contributed by atoms with Crippen molar-refractivity contribution < 1.29 is 9.53 Å². The van der Waals surface area contributed by atoms with Gasteiger partial charge in [-0.25, -0.2) is 5.43 Å². The molecule has 0 bridgehead atoms. The number of methoxy groups -OCH3 is 1. The van der Waals surface area contributed by atoms with Gasteiger partial charge in [0.2, 0.25) is 5.91 Å². The zero-order valence-electron chi connectivity index (χ0n) is 11.5. The van der Waals surface area contributed by atoms with Gasteiger partial charge in [-0.15, -0.1) is 0 Å². The van der Waals surface area contributed by atoms with Gasteiger partial charge in [-0.2, -0.15) is 5.10 Å². The summed E-state index contributed by atoms with van der Waals surface area (Å²) >= 11 is 3.39. The first kappa shape index (κ1) is 15.3. The molecule has 0 unspecified atom stereocenters. The number of benzene rings is 2. The third-order valence-corrected chi connectivity index (χ3v) is 3.40. The number of hydrazone groups is 1. The second kappa shape index (κ2) is 7.59. The van der Waals surface area contributed by atoms with E-state index in [4.69, 9.17) is 4.74 Å². The van der Waals surface area contributed by atoms with Crippen molar-refractivity contribution >= 4 is 28.1 Å². The van der Waals surface area contributed by atoms with Gasteiger partial charge in [-0.3, -0.25) is 4.79 Å². The van der Waals surface area contributed by atoms with Crippen LogP contribution in [-0.4, -0.2) is 19.2 Å². The molecule has 1 amide bonds. The van der Waals surface area contributed by atoms with Crippen LogP contribution in [0.5, 0.6) is 5.75 Å². The zero-order chi connectivity index (χ0) is 15.1. The first-order valence-electron chi connectivity index (χ1n) is 6.38. The Morgan fingerprint density at radius 1 is 1.29 bits per heavy atom. The summed E-state index contributed by atoms with van der Waals surface area (Å²) in [5, 5.41) is 3.93. The number of rotatable bonds is 5. The van der Waals surface area contributed by atoms with Crippen molar-refractivity contribution in [2.24, 2.45) is 5.10 Å². The SMILES string of the molecule is COc1ccc(CC(=O)NN=Cc2ccccc2)cc1Br. The highest BCUT2D eigenvalue weighted by atomic mass is 79.9. The Kier molecular flexibility index (Phi) is 5.51. The van der Waals surface area contributed by atoms with Gasteiger partial charge in [0, 0.05) is 0 Å². The summed E-state index contributed by atoms with van der Waals surface area (Å²) in [7, 11) is 1.60. The van der Waals surface area contributed by atoms with E-state index < -0.39 is 0 Å². The summed E-state index contributed by atoms with van der Waals surface area (Å²) in [4.78, 5) is 11.8. The Hall–Kier alpha value is -2.14. The fourth-order valence-electron chi connectivity index (χ4n) is 1.76. The molecule has 0 radical (unpaired) electrons. The van der Waals surface area contributed by atoms with Crippen LogP contribution in [-0.2, 0) is 11.2 Å². The Morgan fingerprint density at radius 2 is 2.05 bits per heavy atom. The molecule has 4 nitrogen and oxygen atoms in total. The number of carbonyl (C=O) groups is 1. The molecule has 5 heteroatoms. The minimum absolute atomic E-state index is 0.167. The highest BCUT2D eigenvalue weighted by Crippen LogP contribution is 2.25. The van der Waals surface area contributed by atoms with E-state index in [1.807, 2.05) is 48.5 Å². The van der Waals surface area contributed by atoms with E-state index in [9.17, 15) is 4.79 Å². The van der Waals surface area contributed by atoms with Crippen LogP contribution in [0.25, 0.3) is 0 Å². The second-order valence-corrected chi connectivity index (χ2v) is 5.20. The third kappa shape index (κ3) is 4.72. The van der Waals surface area contributed by atoms with Gasteiger partial charge in [0.1, 0.15) is 5.75 Å². The van der Waals surface area contributed by atoms with E-state index in [-0.39, 0.29) is 12.3 Å². The third-order valence-electron chi connectivity index (χ3n) is 2.78. The van der Waals surface area contributed by atoms with Crippen molar-refractivity contribution in [2.45, 2.75) is 6.42 Å². The lowest BCUT2D eigenvalue weighted by molar-refractivity contribution is -0.120. The number of carbonyl (C=O) groups excluding carboxylic acids is 1. The topological polar surface area (TPSA) is 50.7 Å². The van der Waals surface area contributed by atoms with Gasteiger partial charge in [-0.05, 0) is 39.2 Å². The standard InChI is InChI=1S/C16H15BrN2O2/c1-21-15-8-7-13(9-14(15)17)10-16(20)19-18-11-12-5-3-2-4-6-12/h2-9,11H,10H2,1H3,(H,19,20). The molecule has 0 saturated heterocycles. The molecule has 0 spiro atoms. The van der Waals surface area contributed by atoms with Crippen molar-refractivity contribution in [3.05, 3.63) is 64.1 Å². The van der Waals surface area contributed by atoms with E-state index in [0.717, 1.165) is 21.3 Å². The Labute approximate surface area is 132 Å². The summed E-state index contributed by atoms with van der Waals surface area (Å²) in [5.74, 6) is 0.570. The summed E-state index contributed by atoms with van der Waals surface area (Å²) in [6.07, 6.45) is 1.87. The average molecular weight is 347 g/mol. The lowest BCUT2D eigenvalue weighted by atomic mass is 10.1. The predicted molar refractivity (Wildman–Crippen MR) is 86.6 cm³/mol. The number of ether oxygens (including phenoxy) is 1. The van der Waals surface area contributed by atoms with Gasteiger partial charge in [0.15, 0.2) is 0 Å². The highest BCUT2D eigenvalue weighted by Gasteiger charge is 2.05. The summed E-state index contributed by atoms with van der Waals surface area (Å²) in [5.41, 5.74) is 4.33. The minimum Gasteiger partial charge on any atom is -0.496 e. The average Bonchev–Trinajstić information content (AvgIpc) is 2.48. The number of halogens is 1. The lowest BCUT2D eigenvalue weighted by Gasteiger charge is -2.05. The summed E-state index contributed by atoms with van der Waals surface area (Å²) in [6.45, 7) is 0. The first-order valence-corrected chi connectivity index (χ1v) is 7.17. The van der Waals surface area contributed by atoms with Gasteiger partial charge in [0.05, 0.1) is 24.2 Å². The maximum absolute atomic E-state index is 11.8. The molecule has 108 valence electrons. The molecule has 0 aromatic heterocycles. The fourth-order valence-corrected chi connectivity index (χ4v) is 2.35.